The number of rotatable bonds is 1. The Bertz CT molecular complexity index is 1460. The third-order valence-corrected chi connectivity index (χ3v) is 10.1. The van der Waals surface area contributed by atoms with Crippen LogP contribution in [0.25, 0.3) is 0 Å². The zero-order valence-corrected chi connectivity index (χ0v) is 17.9. The first-order valence-electron chi connectivity index (χ1n) is 10.9. The molecule has 31 heavy (non-hydrogen) atoms. The third-order valence-electron chi connectivity index (χ3n) is 5.91. The maximum absolute atomic E-state index is 13.5. The number of hydrogen-bond acceptors (Lipinski definition) is 4. The number of para-hydroxylation sites is 2. The van der Waals surface area contributed by atoms with E-state index >= 15 is 0 Å². The van der Waals surface area contributed by atoms with Crippen molar-refractivity contribution in [3.8, 4) is 0 Å². The van der Waals surface area contributed by atoms with Crippen molar-refractivity contribution in [1.82, 2.24) is 0 Å². The van der Waals surface area contributed by atoms with Crippen LogP contribution in [0, 0.1) is 0 Å². The van der Waals surface area contributed by atoms with Gasteiger partial charge >= 0.3 is 0 Å². The fraction of sp³-hybridized carbons (Fsp3) is 0.120. The van der Waals surface area contributed by atoms with Gasteiger partial charge in [-0.15, -0.1) is 0 Å². The monoisotopic (exact) mass is 447 g/mol. The number of allylic oxidation sites excluding steroid dienone is 1. The van der Waals surface area contributed by atoms with Gasteiger partial charge in [-0.3, -0.25) is 4.21 Å². The maximum atomic E-state index is 13.5. The highest BCUT2D eigenvalue weighted by Gasteiger charge is 2.45. The number of sulfone groups is 1. The third kappa shape index (κ3) is 2.71. The van der Waals surface area contributed by atoms with E-state index in [1.165, 1.54) is 6.07 Å². The average molecular weight is 448 g/mol. The fourth-order valence-corrected chi connectivity index (χ4v) is 8.80. The molecule has 3 aromatic rings. The van der Waals surface area contributed by atoms with Crippen molar-refractivity contribution in [3.05, 3.63) is 108 Å². The summed E-state index contributed by atoms with van der Waals surface area (Å²) in [5, 5.41) is -1.64. The van der Waals surface area contributed by atoms with Crippen molar-refractivity contribution < 1.29 is 15.4 Å². The van der Waals surface area contributed by atoms with E-state index in [2.05, 4.69) is 0 Å². The van der Waals surface area contributed by atoms with Crippen molar-refractivity contribution in [1.29, 1.82) is 0 Å². The second-order valence-corrected chi connectivity index (χ2v) is 11.3. The normalized spacial score (nSPS) is 27.5. The molecule has 6 rings (SSSR count). The van der Waals surface area contributed by atoms with Gasteiger partial charge in [-0.2, -0.15) is 0 Å². The first-order valence-corrected chi connectivity index (χ1v) is 12.7. The molecule has 3 aromatic carbocycles. The molecule has 3 atom stereocenters. The molecule has 0 spiro atoms. The Kier molecular flexibility index (Phi) is 3.65. The molecule has 0 fully saturated rings. The Balaban J connectivity index is 1.56. The van der Waals surface area contributed by atoms with Crippen LogP contribution in [0.15, 0.2) is 107 Å². The molecule has 0 N–H and O–H groups in total. The standard InChI is InChI=1S/C25H19NO3S2/c27-30-22-11-5-6-12-24(22)31(28,29)25-16-19(13-14-23(25)30)26-20-9-3-1-7-17(20)15-18-8-2-4-10-21(18)26/h1-14,16,23,25H,15H2/i15D2. The van der Waals surface area contributed by atoms with E-state index in [1.54, 1.807) is 60.7 Å². The van der Waals surface area contributed by atoms with Crippen molar-refractivity contribution >= 4 is 32.0 Å². The maximum Gasteiger partial charge on any atom is 0.187 e. The molecule has 1 aliphatic carbocycles. The molecule has 3 aliphatic rings. The number of fused-ring (bicyclic) bond motifs is 4. The first-order chi connectivity index (χ1) is 15.8. The number of benzene rings is 3. The highest BCUT2D eigenvalue weighted by atomic mass is 32.2. The van der Waals surface area contributed by atoms with Gasteiger partial charge in [0.1, 0.15) is 5.25 Å². The van der Waals surface area contributed by atoms with Gasteiger partial charge in [0.25, 0.3) is 0 Å². The fourth-order valence-electron chi connectivity index (χ4n) is 4.48. The summed E-state index contributed by atoms with van der Waals surface area (Å²) in [6.07, 6.45) is 3.50. The minimum absolute atomic E-state index is 0.117. The van der Waals surface area contributed by atoms with E-state index in [4.69, 9.17) is 2.74 Å². The minimum atomic E-state index is -3.75. The molecule has 0 saturated carbocycles. The summed E-state index contributed by atoms with van der Waals surface area (Å²) >= 11 is 0. The Hall–Kier alpha value is -2.96. The zero-order valence-electron chi connectivity index (χ0n) is 18.3. The van der Waals surface area contributed by atoms with Crippen LogP contribution in [0.4, 0.5) is 11.4 Å². The van der Waals surface area contributed by atoms with Crippen molar-refractivity contribution in [2.45, 2.75) is 26.7 Å². The van der Waals surface area contributed by atoms with Gasteiger partial charge < -0.3 is 4.90 Å². The Morgan fingerprint density at radius 3 is 2.23 bits per heavy atom. The van der Waals surface area contributed by atoms with Gasteiger partial charge in [0, 0.05) is 26.2 Å². The average Bonchev–Trinajstić information content (AvgIpc) is 2.83. The van der Waals surface area contributed by atoms with Gasteiger partial charge in [0.05, 0.1) is 25.8 Å². The predicted octanol–water partition coefficient (Wildman–Crippen LogP) is 4.51. The molecule has 0 saturated heterocycles. The molecule has 0 aromatic heterocycles. The largest absolute Gasteiger partial charge is 0.310 e. The van der Waals surface area contributed by atoms with E-state index in [1.807, 2.05) is 29.2 Å². The van der Waals surface area contributed by atoms with Crippen molar-refractivity contribution in [2.24, 2.45) is 0 Å². The number of nitrogens with zero attached hydrogens (tertiary/aromatic N) is 1. The highest BCUT2D eigenvalue weighted by molar-refractivity contribution is 7.96. The second-order valence-electron chi connectivity index (χ2n) is 7.66. The van der Waals surface area contributed by atoms with E-state index in [0.717, 1.165) is 0 Å². The van der Waals surface area contributed by atoms with E-state index < -0.39 is 37.5 Å². The summed E-state index contributed by atoms with van der Waals surface area (Å²) in [7, 11) is -5.24. The van der Waals surface area contributed by atoms with E-state index in [0.29, 0.717) is 33.1 Å². The van der Waals surface area contributed by atoms with Gasteiger partial charge in [-0.05, 0) is 47.5 Å². The molecule has 3 unspecified atom stereocenters. The van der Waals surface area contributed by atoms with Crippen LogP contribution < -0.4 is 4.90 Å². The van der Waals surface area contributed by atoms with E-state index in [9.17, 15) is 12.6 Å². The zero-order chi connectivity index (χ0) is 23.0. The van der Waals surface area contributed by atoms with Gasteiger partial charge in [0.2, 0.25) is 0 Å². The highest BCUT2D eigenvalue weighted by Crippen LogP contribution is 2.44. The summed E-state index contributed by atoms with van der Waals surface area (Å²) < 4.78 is 57.8. The summed E-state index contributed by atoms with van der Waals surface area (Å²) in [4.78, 5) is 2.37. The smallest absolute Gasteiger partial charge is 0.187 e. The summed E-state index contributed by atoms with van der Waals surface area (Å²) in [5.41, 5.74) is 2.96. The minimum Gasteiger partial charge on any atom is -0.310 e. The summed E-state index contributed by atoms with van der Waals surface area (Å²) in [5.74, 6) is 0. The number of anilines is 2. The first kappa shape index (κ1) is 16.7. The van der Waals surface area contributed by atoms with Crippen molar-refractivity contribution in [2.75, 3.05) is 4.90 Å². The van der Waals surface area contributed by atoms with Crippen LogP contribution >= 0.6 is 0 Å². The van der Waals surface area contributed by atoms with Crippen LogP contribution in [0.2, 0.25) is 0 Å². The van der Waals surface area contributed by atoms with Gasteiger partial charge in [-0.1, -0.05) is 54.6 Å². The summed E-state index contributed by atoms with van der Waals surface area (Å²) in [6, 6.07) is 21.0. The Morgan fingerprint density at radius 1 is 0.903 bits per heavy atom. The van der Waals surface area contributed by atoms with E-state index in [-0.39, 0.29) is 4.90 Å². The molecular weight excluding hydrogens is 426 g/mol. The van der Waals surface area contributed by atoms with Crippen LogP contribution in [0.1, 0.15) is 13.9 Å². The van der Waals surface area contributed by atoms with Gasteiger partial charge in [0.15, 0.2) is 9.84 Å². The van der Waals surface area contributed by atoms with Crippen LogP contribution in [0.5, 0.6) is 0 Å². The molecule has 2 aliphatic heterocycles. The quantitative estimate of drug-likeness (QED) is 0.551. The molecule has 4 nitrogen and oxygen atoms in total. The second kappa shape index (κ2) is 6.77. The number of hydrogen-bond donors (Lipinski definition) is 0. The molecule has 0 bridgehead atoms. The lowest BCUT2D eigenvalue weighted by Gasteiger charge is -2.37. The molecule has 0 radical (unpaired) electrons. The van der Waals surface area contributed by atoms with Crippen LogP contribution in [-0.4, -0.2) is 23.1 Å². The molecule has 154 valence electrons. The topological polar surface area (TPSA) is 54.5 Å². The van der Waals surface area contributed by atoms with Crippen molar-refractivity contribution in [3.63, 3.8) is 0 Å². The summed E-state index contributed by atoms with van der Waals surface area (Å²) in [6.45, 7) is 0. The Labute approximate surface area is 186 Å². The Morgan fingerprint density at radius 2 is 1.52 bits per heavy atom. The van der Waals surface area contributed by atoms with Crippen LogP contribution in [0.3, 0.4) is 0 Å². The lowest BCUT2D eigenvalue weighted by molar-refractivity contribution is 0.580. The molecule has 0 amide bonds. The predicted molar refractivity (Wildman–Crippen MR) is 123 cm³/mol. The molecule has 6 heteroatoms. The SMILES string of the molecule is [2H]C1([2H])c2ccccc2N(C2=CC3C(C=C2)S(=O)c2ccccc2S3(=O)=O)c2ccccc21. The lowest BCUT2D eigenvalue weighted by Crippen LogP contribution is -2.42. The van der Waals surface area contributed by atoms with Crippen LogP contribution in [-0.2, 0) is 27.0 Å². The molecular formula is C25H19NO3S2. The molecule has 2 heterocycles. The van der Waals surface area contributed by atoms with Gasteiger partial charge in [-0.25, -0.2) is 8.42 Å². The lowest BCUT2D eigenvalue weighted by atomic mass is 9.94.